The van der Waals surface area contributed by atoms with Gasteiger partial charge in [0.15, 0.2) is 5.78 Å². The van der Waals surface area contributed by atoms with Crippen LogP contribution in [0.2, 0.25) is 0 Å². The molecular formula is C36H59NO8. The molecule has 0 aromatic heterocycles. The zero-order valence-electron chi connectivity index (χ0n) is 28.5. The van der Waals surface area contributed by atoms with Crippen LogP contribution in [0.5, 0.6) is 0 Å². The Balaban J connectivity index is 1.41. The van der Waals surface area contributed by atoms with Gasteiger partial charge in [-0.25, -0.2) is 0 Å². The number of hydrogen-bond acceptors (Lipinski definition) is 8. The summed E-state index contributed by atoms with van der Waals surface area (Å²) in [6, 6.07) is 0. The molecule has 0 aliphatic heterocycles. The van der Waals surface area contributed by atoms with Crippen molar-refractivity contribution in [3.8, 4) is 0 Å². The molecule has 7 N–H and O–H groups in total. The van der Waals surface area contributed by atoms with Crippen LogP contribution in [0.3, 0.4) is 0 Å². The van der Waals surface area contributed by atoms with Gasteiger partial charge in [-0.05, 0) is 103 Å². The van der Waals surface area contributed by atoms with Crippen LogP contribution < -0.4 is 5.32 Å². The van der Waals surface area contributed by atoms with Gasteiger partial charge in [0, 0.05) is 17.9 Å². The minimum absolute atomic E-state index is 0.0348. The van der Waals surface area contributed by atoms with Crippen molar-refractivity contribution in [2.45, 2.75) is 137 Å². The van der Waals surface area contributed by atoms with E-state index in [2.05, 4.69) is 46.9 Å². The summed E-state index contributed by atoms with van der Waals surface area (Å²) in [5, 5.41) is 63.1. The molecule has 4 saturated carbocycles. The topological polar surface area (TPSA) is 168 Å². The Morgan fingerprint density at radius 2 is 1.51 bits per heavy atom. The summed E-state index contributed by atoms with van der Waals surface area (Å²) in [5.41, 5.74) is -0.446. The first-order valence-electron chi connectivity index (χ1n) is 17.3. The number of fused-ring (bicyclic) bond motifs is 7. The van der Waals surface area contributed by atoms with Crippen LogP contribution in [0.4, 0.5) is 0 Å². The summed E-state index contributed by atoms with van der Waals surface area (Å²) < 4.78 is 0. The summed E-state index contributed by atoms with van der Waals surface area (Å²) in [6.45, 7) is 14.6. The van der Waals surface area contributed by atoms with E-state index in [1.54, 1.807) is 0 Å². The Morgan fingerprint density at radius 3 is 2.16 bits per heavy atom. The Hall–Kier alpha value is -1.36. The van der Waals surface area contributed by atoms with E-state index in [1.807, 2.05) is 13.0 Å². The predicted molar refractivity (Wildman–Crippen MR) is 170 cm³/mol. The van der Waals surface area contributed by atoms with E-state index in [9.17, 15) is 35.1 Å². The molecule has 45 heavy (non-hydrogen) atoms. The lowest BCUT2D eigenvalue weighted by Crippen LogP contribution is -2.66. The maximum Gasteiger partial charge on any atom is 0.226 e. The van der Waals surface area contributed by atoms with Crippen LogP contribution in [-0.4, -0.2) is 86.0 Å². The van der Waals surface area contributed by atoms with Gasteiger partial charge in [0.2, 0.25) is 5.91 Å². The highest BCUT2D eigenvalue weighted by atomic mass is 16.4. The van der Waals surface area contributed by atoms with E-state index in [0.29, 0.717) is 19.3 Å². The molecule has 0 bridgehead atoms. The third kappa shape index (κ3) is 5.09. The van der Waals surface area contributed by atoms with Gasteiger partial charge in [-0.15, -0.1) is 0 Å². The number of nitrogens with one attached hydrogen (secondary N) is 1. The van der Waals surface area contributed by atoms with Crippen LogP contribution in [-0.2, 0) is 9.59 Å². The molecule has 9 heteroatoms. The maximum atomic E-state index is 14.5. The second-order valence-corrected chi connectivity index (χ2v) is 17.6. The standard InChI is InChI=1S/C36H59NO8/c1-31(2)25-8-11-36(7)29(34(25,5)10-9-26(31)42)22(39)16-20-21-17-33(4,13-12-32(21,3)14-15-35(20,36)6)30(45)37-18-23(40)27(43)28(44)24(41)19-38/h16,21,23-29,38,40-44H,8-15,17-19H2,1-7H3,(H,37,45)/t21-,23-,24+,25-,26-,27+,28+,29+,32+,33-,34-,35+,36+/m0/s1. The minimum Gasteiger partial charge on any atom is -0.394 e. The van der Waals surface area contributed by atoms with Crippen molar-refractivity contribution in [2.75, 3.05) is 13.2 Å². The fourth-order valence-corrected chi connectivity index (χ4v) is 11.5. The molecule has 0 heterocycles. The number of hydrogen-bond donors (Lipinski definition) is 7. The van der Waals surface area contributed by atoms with Gasteiger partial charge in [-0.3, -0.25) is 9.59 Å². The number of rotatable bonds is 7. The fourth-order valence-electron chi connectivity index (χ4n) is 11.5. The zero-order valence-corrected chi connectivity index (χ0v) is 28.5. The molecule has 0 aromatic rings. The van der Waals surface area contributed by atoms with Gasteiger partial charge in [-0.2, -0.15) is 0 Å². The summed E-state index contributed by atoms with van der Waals surface area (Å²) in [7, 11) is 0. The smallest absolute Gasteiger partial charge is 0.226 e. The molecular weight excluding hydrogens is 574 g/mol. The highest BCUT2D eigenvalue weighted by Crippen LogP contribution is 2.75. The molecule has 5 aliphatic rings. The maximum absolute atomic E-state index is 14.5. The SMILES string of the molecule is CC1(C)[C@@H](O)CC[C@]2(C)[C@H]3C(=O)C=C4[C@@H]5C[C@@](C)(C(=O)NC[C@H](O)[C@@H](O)[C@H](O)[C@H](O)CO)CC[C@]5(C)CC[C@@]4(C)[C@]3(C)CC[C@@H]12. The first kappa shape index (κ1) is 35.0. The number of aliphatic hydroxyl groups excluding tert-OH is 6. The quantitative estimate of drug-likeness (QED) is 0.225. The minimum atomic E-state index is -1.75. The first-order valence-corrected chi connectivity index (χ1v) is 17.3. The molecule has 0 radical (unpaired) electrons. The number of carbonyl (C=O) groups is 2. The monoisotopic (exact) mass is 633 g/mol. The van der Waals surface area contributed by atoms with Crippen molar-refractivity contribution >= 4 is 11.7 Å². The van der Waals surface area contributed by atoms with E-state index in [-0.39, 0.29) is 69.2 Å². The molecule has 0 saturated heterocycles. The second kappa shape index (κ2) is 11.4. The van der Waals surface area contributed by atoms with E-state index >= 15 is 0 Å². The summed E-state index contributed by atoms with van der Waals surface area (Å²) in [4.78, 5) is 28.2. The molecule has 9 nitrogen and oxygen atoms in total. The third-order valence-corrected chi connectivity index (χ3v) is 14.9. The fraction of sp³-hybridized carbons (Fsp3) is 0.889. The largest absolute Gasteiger partial charge is 0.394 e. The van der Waals surface area contributed by atoms with Crippen LogP contribution in [0.25, 0.3) is 0 Å². The van der Waals surface area contributed by atoms with E-state index < -0.39 is 36.4 Å². The second-order valence-electron chi connectivity index (χ2n) is 17.6. The lowest BCUT2D eigenvalue weighted by Gasteiger charge is -2.70. The number of aliphatic hydroxyl groups is 6. The Labute approximate surface area is 268 Å². The molecule has 0 aromatic carbocycles. The molecule has 0 spiro atoms. The Bertz CT molecular complexity index is 1220. The average Bonchev–Trinajstić information content (AvgIpc) is 2.98. The normalized spacial score (nSPS) is 46.7. The lowest BCUT2D eigenvalue weighted by atomic mass is 9.33. The first-order chi connectivity index (χ1) is 20.7. The molecule has 5 aliphatic carbocycles. The lowest BCUT2D eigenvalue weighted by molar-refractivity contribution is -0.202. The number of carbonyl (C=O) groups excluding carboxylic acids is 2. The molecule has 1 amide bonds. The third-order valence-electron chi connectivity index (χ3n) is 14.9. The van der Waals surface area contributed by atoms with Crippen molar-refractivity contribution in [3.05, 3.63) is 11.6 Å². The van der Waals surface area contributed by atoms with Gasteiger partial charge >= 0.3 is 0 Å². The summed E-state index contributed by atoms with van der Waals surface area (Å²) in [6.07, 6.45) is 2.59. The van der Waals surface area contributed by atoms with Crippen LogP contribution >= 0.6 is 0 Å². The van der Waals surface area contributed by atoms with Gasteiger partial charge in [-0.1, -0.05) is 54.0 Å². The summed E-state index contributed by atoms with van der Waals surface area (Å²) >= 11 is 0. The number of amides is 1. The van der Waals surface area contributed by atoms with Crippen LogP contribution in [0, 0.1) is 50.2 Å². The van der Waals surface area contributed by atoms with Crippen molar-refractivity contribution in [1.29, 1.82) is 0 Å². The Morgan fingerprint density at radius 1 is 0.889 bits per heavy atom. The van der Waals surface area contributed by atoms with Crippen molar-refractivity contribution in [1.82, 2.24) is 5.32 Å². The van der Waals surface area contributed by atoms with Gasteiger partial charge < -0.3 is 36.0 Å². The highest BCUT2D eigenvalue weighted by Gasteiger charge is 2.70. The predicted octanol–water partition coefficient (Wildman–Crippen LogP) is 2.88. The van der Waals surface area contributed by atoms with E-state index in [0.717, 1.165) is 38.5 Å². The van der Waals surface area contributed by atoms with Crippen molar-refractivity contribution < 1.29 is 40.2 Å². The van der Waals surface area contributed by atoms with Gasteiger partial charge in [0.1, 0.15) is 18.3 Å². The van der Waals surface area contributed by atoms with Gasteiger partial charge in [0.25, 0.3) is 0 Å². The molecule has 256 valence electrons. The molecule has 4 fully saturated rings. The van der Waals surface area contributed by atoms with Crippen LogP contribution in [0.1, 0.15) is 106 Å². The summed E-state index contributed by atoms with van der Waals surface area (Å²) in [5.74, 6) is 0.176. The van der Waals surface area contributed by atoms with Crippen LogP contribution in [0.15, 0.2) is 11.6 Å². The van der Waals surface area contributed by atoms with Crippen molar-refractivity contribution in [2.24, 2.45) is 50.2 Å². The molecule has 0 unspecified atom stereocenters. The van der Waals surface area contributed by atoms with Gasteiger partial charge in [0.05, 0.1) is 18.8 Å². The van der Waals surface area contributed by atoms with Crippen molar-refractivity contribution in [3.63, 3.8) is 0 Å². The highest BCUT2D eigenvalue weighted by molar-refractivity contribution is 5.95. The van der Waals surface area contributed by atoms with E-state index in [4.69, 9.17) is 5.11 Å². The molecule has 5 rings (SSSR count). The zero-order chi connectivity index (χ0) is 33.5. The Kier molecular flexibility index (Phi) is 8.83. The number of allylic oxidation sites excluding steroid dienone is 2. The average molecular weight is 634 g/mol. The van der Waals surface area contributed by atoms with E-state index in [1.165, 1.54) is 5.57 Å². The number of ketones is 1. The molecule has 13 atom stereocenters.